The average Bonchev–Trinajstić information content (AvgIpc) is 2.48. The number of carbonyl (C=O) groups excluding carboxylic acids is 1. The molecule has 1 aliphatic heterocycles. The number of nitrogens with zero attached hydrogens (tertiary/aromatic N) is 2. The van der Waals surface area contributed by atoms with Crippen LogP contribution in [-0.4, -0.2) is 47.9 Å². The van der Waals surface area contributed by atoms with Gasteiger partial charge in [0.2, 0.25) is 0 Å². The Hall–Kier alpha value is -1.05. The Morgan fingerprint density at radius 1 is 1.10 bits per heavy atom. The molecular weight excluding hydrogens is 248 g/mol. The van der Waals surface area contributed by atoms with Crippen molar-refractivity contribution in [3.8, 4) is 0 Å². The van der Waals surface area contributed by atoms with Crippen molar-refractivity contribution in [2.45, 2.75) is 52.0 Å². The molecule has 0 aromatic rings. The molecule has 0 spiro atoms. The highest BCUT2D eigenvalue weighted by Crippen LogP contribution is 2.24. The molecule has 0 aromatic heterocycles. The van der Waals surface area contributed by atoms with Crippen LogP contribution in [0.15, 0.2) is 17.9 Å². The summed E-state index contributed by atoms with van der Waals surface area (Å²) in [5, 5.41) is 0. The Bertz CT molecular complexity index is 382. The van der Waals surface area contributed by atoms with Gasteiger partial charge in [-0.05, 0) is 18.8 Å². The van der Waals surface area contributed by atoms with E-state index in [4.69, 9.17) is 0 Å². The Morgan fingerprint density at radius 3 is 2.20 bits per heavy atom. The van der Waals surface area contributed by atoms with E-state index < -0.39 is 0 Å². The van der Waals surface area contributed by atoms with Crippen LogP contribution in [0.2, 0.25) is 0 Å². The predicted molar refractivity (Wildman–Crippen MR) is 82.5 cm³/mol. The molecule has 2 aliphatic rings. The van der Waals surface area contributed by atoms with Crippen LogP contribution >= 0.6 is 0 Å². The van der Waals surface area contributed by atoms with Crippen molar-refractivity contribution in [3.05, 3.63) is 17.9 Å². The van der Waals surface area contributed by atoms with Gasteiger partial charge in [0, 0.05) is 32.2 Å². The van der Waals surface area contributed by atoms with Gasteiger partial charge in [0.25, 0.3) is 5.91 Å². The summed E-state index contributed by atoms with van der Waals surface area (Å²) >= 11 is 0. The average molecular weight is 276 g/mol. The van der Waals surface area contributed by atoms with E-state index in [-0.39, 0.29) is 11.8 Å². The lowest BCUT2D eigenvalue weighted by molar-refractivity contribution is -0.129. The largest absolute Gasteiger partial charge is 0.336 e. The molecule has 0 atom stereocenters. The number of hydrogen-bond donors (Lipinski definition) is 0. The number of carbonyl (C=O) groups is 1. The zero-order valence-electron chi connectivity index (χ0n) is 13.0. The van der Waals surface area contributed by atoms with E-state index in [2.05, 4.69) is 17.2 Å². The number of amides is 1. The number of piperazine rings is 1. The van der Waals surface area contributed by atoms with Crippen molar-refractivity contribution in [2.24, 2.45) is 5.92 Å². The van der Waals surface area contributed by atoms with Crippen molar-refractivity contribution in [3.63, 3.8) is 0 Å². The van der Waals surface area contributed by atoms with Crippen LogP contribution in [0.5, 0.6) is 0 Å². The van der Waals surface area contributed by atoms with Gasteiger partial charge in [0.05, 0.1) is 5.57 Å². The van der Waals surface area contributed by atoms with Crippen LogP contribution < -0.4 is 0 Å². The SMILES string of the molecule is C=C=C(C(=O)N1CCN(C2CCCCC2)CC1)C(C)C. The van der Waals surface area contributed by atoms with Gasteiger partial charge in [-0.3, -0.25) is 9.69 Å². The second-order valence-electron chi connectivity index (χ2n) is 6.37. The van der Waals surface area contributed by atoms with Gasteiger partial charge in [-0.1, -0.05) is 39.7 Å². The molecule has 1 amide bonds. The fourth-order valence-electron chi connectivity index (χ4n) is 3.43. The summed E-state index contributed by atoms with van der Waals surface area (Å²) in [6.45, 7) is 11.5. The first-order valence-electron chi connectivity index (χ1n) is 8.06. The highest BCUT2D eigenvalue weighted by molar-refractivity contribution is 5.93. The maximum absolute atomic E-state index is 12.4. The predicted octanol–water partition coefficient (Wildman–Crippen LogP) is 2.83. The summed E-state index contributed by atoms with van der Waals surface area (Å²) < 4.78 is 0. The van der Waals surface area contributed by atoms with Gasteiger partial charge in [0.1, 0.15) is 0 Å². The van der Waals surface area contributed by atoms with E-state index in [0.29, 0.717) is 0 Å². The van der Waals surface area contributed by atoms with Gasteiger partial charge in [0.15, 0.2) is 0 Å². The molecule has 112 valence electrons. The summed E-state index contributed by atoms with van der Waals surface area (Å²) in [7, 11) is 0. The molecule has 0 aromatic carbocycles. The summed E-state index contributed by atoms with van der Waals surface area (Å²) in [6.07, 6.45) is 6.84. The lowest BCUT2D eigenvalue weighted by Gasteiger charge is -2.41. The third-order valence-corrected chi connectivity index (χ3v) is 4.69. The summed E-state index contributed by atoms with van der Waals surface area (Å²) in [6, 6.07) is 0.764. The van der Waals surface area contributed by atoms with E-state index in [1.807, 2.05) is 18.7 Å². The maximum atomic E-state index is 12.4. The quantitative estimate of drug-likeness (QED) is 0.584. The molecule has 2 fully saturated rings. The van der Waals surface area contributed by atoms with Gasteiger partial charge in [-0.2, -0.15) is 0 Å². The van der Waals surface area contributed by atoms with Crippen molar-refractivity contribution in [2.75, 3.05) is 26.2 Å². The Labute approximate surface area is 123 Å². The minimum absolute atomic E-state index is 0.137. The molecule has 0 N–H and O–H groups in total. The Morgan fingerprint density at radius 2 is 1.70 bits per heavy atom. The molecule has 1 saturated heterocycles. The fourth-order valence-corrected chi connectivity index (χ4v) is 3.43. The highest BCUT2D eigenvalue weighted by Gasteiger charge is 2.28. The molecule has 2 rings (SSSR count). The number of rotatable bonds is 3. The smallest absolute Gasteiger partial charge is 0.257 e. The number of hydrogen-bond acceptors (Lipinski definition) is 2. The maximum Gasteiger partial charge on any atom is 0.257 e. The minimum atomic E-state index is 0.137. The van der Waals surface area contributed by atoms with Crippen molar-refractivity contribution >= 4 is 5.91 Å². The van der Waals surface area contributed by atoms with Gasteiger partial charge in [-0.25, -0.2) is 0 Å². The first kappa shape index (κ1) is 15.3. The molecule has 1 saturated carbocycles. The molecule has 3 nitrogen and oxygen atoms in total. The topological polar surface area (TPSA) is 23.6 Å². The van der Waals surface area contributed by atoms with Crippen LogP contribution in [-0.2, 0) is 4.79 Å². The van der Waals surface area contributed by atoms with E-state index >= 15 is 0 Å². The molecule has 1 aliphatic carbocycles. The molecule has 1 heterocycles. The zero-order valence-corrected chi connectivity index (χ0v) is 13.0. The monoisotopic (exact) mass is 276 g/mol. The standard InChI is InChI=1S/C17H28N2O/c1-4-16(14(2)3)17(20)19-12-10-18(11-13-19)15-8-6-5-7-9-15/h14-15H,1,5-13H2,2-3H3. The van der Waals surface area contributed by atoms with E-state index in [1.165, 1.54) is 32.1 Å². The van der Waals surface area contributed by atoms with Gasteiger partial charge in [-0.15, -0.1) is 5.73 Å². The first-order valence-corrected chi connectivity index (χ1v) is 8.06. The normalized spacial score (nSPS) is 21.9. The van der Waals surface area contributed by atoms with E-state index in [0.717, 1.165) is 37.8 Å². The fraction of sp³-hybridized carbons (Fsp3) is 0.765. The second kappa shape index (κ2) is 7.10. The van der Waals surface area contributed by atoms with Crippen molar-refractivity contribution in [1.82, 2.24) is 9.80 Å². The van der Waals surface area contributed by atoms with Crippen molar-refractivity contribution in [1.29, 1.82) is 0 Å². The van der Waals surface area contributed by atoms with Crippen LogP contribution in [0, 0.1) is 5.92 Å². The molecule has 20 heavy (non-hydrogen) atoms. The molecule has 0 bridgehead atoms. The zero-order chi connectivity index (χ0) is 14.5. The van der Waals surface area contributed by atoms with E-state index in [9.17, 15) is 4.79 Å². The minimum Gasteiger partial charge on any atom is -0.336 e. The third kappa shape index (κ3) is 3.53. The summed E-state index contributed by atoms with van der Waals surface area (Å²) in [5.74, 6) is 0.342. The molecule has 0 unspecified atom stereocenters. The summed E-state index contributed by atoms with van der Waals surface area (Å²) in [5.41, 5.74) is 3.57. The van der Waals surface area contributed by atoms with Crippen LogP contribution in [0.1, 0.15) is 46.0 Å². The lowest BCUT2D eigenvalue weighted by atomic mass is 9.93. The van der Waals surface area contributed by atoms with Gasteiger partial charge < -0.3 is 4.90 Å². The highest BCUT2D eigenvalue weighted by atomic mass is 16.2. The van der Waals surface area contributed by atoms with Crippen LogP contribution in [0.3, 0.4) is 0 Å². The molecule has 3 heteroatoms. The summed E-state index contributed by atoms with van der Waals surface area (Å²) in [4.78, 5) is 17.0. The second-order valence-corrected chi connectivity index (χ2v) is 6.37. The first-order chi connectivity index (χ1) is 9.63. The van der Waals surface area contributed by atoms with Crippen LogP contribution in [0.4, 0.5) is 0 Å². The molecule has 0 radical (unpaired) electrons. The molecular formula is C17H28N2O. The third-order valence-electron chi connectivity index (χ3n) is 4.69. The Kier molecular flexibility index (Phi) is 5.45. The van der Waals surface area contributed by atoms with Crippen molar-refractivity contribution < 1.29 is 4.79 Å². The van der Waals surface area contributed by atoms with Gasteiger partial charge >= 0.3 is 0 Å². The lowest BCUT2D eigenvalue weighted by Crippen LogP contribution is -2.52. The van der Waals surface area contributed by atoms with Crippen LogP contribution in [0.25, 0.3) is 0 Å². The van der Waals surface area contributed by atoms with E-state index in [1.54, 1.807) is 0 Å². The Balaban J connectivity index is 1.87.